The third kappa shape index (κ3) is 2.25. The molecule has 2 heterocycles. The lowest BCUT2D eigenvalue weighted by molar-refractivity contribution is 0.795. The molecule has 0 fully saturated rings. The van der Waals surface area contributed by atoms with Crippen LogP contribution >= 0.6 is 11.8 Å². The highest BCUT2D eigenvalue weighted by Crippen LogP contribution is 2.23. The molecule has 0 spiro atoms. The molecule has 0 aliphatic carbocycles. The molecular weight excluding hydrogens is 274 g/mol. The van der Waals surface area contributed by atoms with Gasteiger partial charge in [-0.25, -0.2) is 9.97 Å². The Labute approximate surface area is 119 Å². The summed E-state index contributed by atoms with van der Waals surface area (Å²) in [5.74, 6) is 2.09. The number of nitrogen functional groups attached to an aromatic ring is 2. The molecule has 20 heavy (non-hydrogen) atoms. The van der Waals surface area contributed by atoms with E-state index in [9.17, 15) is 0 Å². The minimum Gasteiger partial charge on any atom is -0.383 e. The first-order valence-electron chi connectivity index (χ1n) is 5.94. The summed E-state index contributed by atoms with van der Waals surface area (Å²) in [7, 11) is 1.81. The van der Waals surface area contributed by atoms with Crippen LogP contribution in [-0.2, 0) is 12.8 Å². The summed E-state index contributed by atoms with van der Waals surface area (Å²) in [4.78, 5) is 8.80. The molecule has 0 saturated heterocycles. The van der Waals surface area contributed by atoms with Gasteiger partial charge < -0.3 is 11.5 Å². The van der Waals surface area contributed by atoms with E-state index >= 15 is 0 Å². The third-order valence-electron chi connectivity index (χ3n) is 2.88. The summed E-state index contributed by atoms with van der Waals surface area (Å²) >= 11 is 1.47. The predicted octanol–water partition coefficient (Wildman–Crippen LogP) is 1.22. The maximum Gasteiger partial charge on any atom is 0.222 e. The molecule has 0 aliphatic rings. The summed E-state index contributed by atoms with van der Waals surface area (Å²) < 4.78 is 1.72. The van der Waals surface area contributed by atoms with Crippen LogP contribution in [0.1, 0.15) is 5.82 Å². The van der Waals surface area contributed by atoms with Gasteiger partial charge in [-0.05, 0) is 12.1 Å². The number of nitrogens with zero attached hydrogens (tertiary/aromatic N) is 5. The lowest BCUT2D eigenvalue weighted by Gasteiger charge is -2.05. The van der Waals surface area contributed by atoms with Crippen molar-refractivity contribution in [2.75, 3.05) is 11.5 Å². The zero-order valence-electron chi connectivity index (χ0n) is 10.8. The van der Waals surface area contributed by atoms with Gasteiger partial charge in [-0.1, -0.05) is 23.9 Å². The van der Waals surface area contributed by atoms with Gasteiger partial charge >= 0.3 is 0 Å². The summed E-state index contributed by atoms with van der Waals surface area (Å²) in [6.45, 7) is 0. The minimum atomic E-state index is 0.381. The van der Waals surface area contributed by atoms with Crippen molar-refractivity contribution in [1.29, 1.82) is 0 Å². The van der Waals surface area contributed by atoms with E-state index in [1.54, 1.807) is 4.57 Å². The third-order valence-corrected chi connectivity index (χ3v) is 3.89. The first kappa shape index (κ1) is 12.7. The minimum absolute atomic E-state index is 0.381. The maximum atomic E-state index is 5.95. The van der Waals surface area contributed by atoms with Gasteiger partial charge in [0.2, 0.25) is 5.95 Å². The Bertz CT molecular complexity index is 768. The number of rotatable bonds is 3. The normalized spacial score (nSPS) is 11.1. The number of nitrogens with two attached hydrogens (primary N) is 2. The number of fused-ring (bicyclic) bond motifs is 1. The van der Waals surface area contributed by atoms with E-state index in [0.717, 1.165) is 16.1 Å². The van der Waals surface area contributed by atoms with Crippen molar-refractivity contribution in [3.63, 3.8) is 0 Å². The summed E-state index contributed by atoms with van der Waals surface area (Å²) in [5, 5.41) is 9.36. The molecule has 0 radical (unpaired) electrons. The van der Waals surface area contributed by atoms with Gasteiger partial charge in [0, 0.05) is 12.4 Å². The molecule has 8 heteroatoms. The Morgan fingerprint density at radius 1 is 1.15 bits per heavy atom. The zero-order chi connectivity index (χ0) is 14.1. The van der Waals surface area contributed by atoms with Gasteiger partial charge in [-0.3, -0.25) is 4.57 Å². The number of anilines is 2. The highest BCUT2D eigenvalue weighted by molar-refractivity contribution is 7.98. The van der Waals surface area contributed by atoms with Crippen molar-refractivity contribution in [2.45, 2.75) is 10.9 Å². The average Bonchev–Trinajstić information content (AvgIpc) is 2.77. The first-order chi connectivity index (χ1) is 9.65. The van der Waals surface area contributed by atoms with E-state index in [2.05, 4.69) is 20.2 Å². The second kappa shape index (κ2) is 4.97. The zero-order valence-corrected chi connectivity index (χ0v) is 11.6. The van der Waals surface area contributed by atoms with Crippen LogP contribution in [0.3, 0.4) is 0 Å². The van der Waals surface area contributed by atoms with E-state index in [1.165, 1.54) is 11.8 Å². The molecule has 3 aromatic rings. The van der Waals surface area contributed by atoms with Crippen LogP contribution in [0.5, 0.6) is 0 Å². The van der Waals surface area contributed by atoms with Gasteiger partial charge in [0.25, 0.3) is 0 Å². The molecule has 1 aromatic carbocycles. The second-order valence-electron chi connectivity index (χ2n) is 4.23. The molecule has 4 N–H and O–H groups in total. The summed E-state index contributed by atoms with van der Waals surface area (Å²) in [6.07, 6.45) is 0. The number of para-hydroxylation sites is 1. The van der Waals surface area contributed by atoms with E-state index < -0.39 is 0 Å². The van der Waals surface area contributed by atoms with E-state index in [-0.39, 0.29) is 0 Å². The first-order valence-corrected chi connectivity index (χ1v) is 6.92. The van der Waals surface area contributed by atoms with Crippen molar-refractivity contribution in [3.05, 3.63) is 30.1 Å². The lowest BCUT2D eigenvalue weighted by Crippen LogP contribution is -2.01. The topological polar surface area (TPSA) is 109 Å². The SMILES string of the molecule is Cn1c(N)nnc1SCc1nc(N)c2ccccc2n1. The average molecular weight is 287 g/mol. The van der Waals surface area contributed by atoms with Crippen LogP contribution in [-0.4, -0.2) is 24.7 Å². The molecular formula is C12H13N7S. The second-order valence-corrected chi connectivity index (χ2v) is 5.17. The van der Waals surface area contributed by atoms with Crippen molar-refractivity contribution >= 4 is 34.4 Å². The van der Waals surface area contributed by atoms with E-state index in [4.69, 9.17) is 11.5 Å². The van der Waals surface area contributed by atoms with Crippen LogP contribution in [0.4, 0.5) is 11.8 Å². The van der Waals surface area contributed by atoms with Crippen molar-refractivity contribution in [2.24, 2.45) is 7.05 Å². The van der Waals surface area contributed by atoms with Crippen molar-refractivity contribution in [1.82, 2.24) is 24.7 Å². The molecule has 0 atom stereocenters. The summed E-state index contributed by atoms with van der Waals surface area (Å²) in [6, 6.07) is 7.67. The maximum absolute atomic E-state index is 5.95. The molecule has 0 unspecified atom stereocenters. The summed E-state index contributed by atoms with van der Waals surface area (Å²) in [5.41, 5.74) is 12.4. The Morgan fingerprint density at radius 2 is 1.95 bits per heavy atom. The Balaban J connectivity index is 1.86. The monoisotopic (exact) mass is 287 g/mol. The Kier molecular flexibility index (Phi) is 3.15. The fourth-order valence-electron chi connectivity index (χ4n) is 1.80. The Morgan fingerprint density at radius 3 is 2.70 bits per heavy atom. The van der Waals surface area contributed by atoms with Crippen LogP contribution in [0.25, 0.3) is 10.9 Å². The van der Waals surface area contributed by atoms with Gasteiger partial charge in [-0.2, -0.15) is 0 Å². The molecule has 7 nitrogen and oxygen atoms in total. The fourth-order valence-corrected chi connectivity index (χ4v) is 2.57. The smallest absolute Gasteiger partial charge is 0.222 e. The number of thioether (sulfide) groups is 1. The Hall–Kier alpha value is -2.35. The molecule has 0 saturated carbocycles. The number of hydrogen-bond acceptors (Lipinski definition) is 7. The van der Waals surface area contributed by atoms with E-state index in [1.807, 2.05) is 31.3 Å². The van der Waals surface area contributed by atoms with Gasteiger partial charge in [-0.15, -0.1) is 10.2 Å². The molecule has 2 aromatic heterocycles. The predicted molar refractivity (Wildman–Crippen MR) is 78.9 cm³/mol. The highest BCUT2D eigenvalue weighted by atomic mass is 32.2. The van der Waals surface area contributed by atoms with Crippen LogP contribution in [0.15, 0.2) is 29.4 Å². The van der Waals surface area contributed by atoms with E-state index in [0.29, 0.717) is 23.3 Å². The van der Waals surface area contributed by atoms with Gasteiger partial charge in [0.1, 0.15) is 11.6 Å². The fraction of sp³-hybridized carbons (Fsp3) is 0.167. The van der Waals surface area contributed by atoms with Crippen molar-refractivity contribution in [3.8, 4) is 0 Å². The quantitative estimate of drug-likeness (QED) is 0.697. The van der Waals surface area contributed by atoms with Crippen LogP contribution in [0, 0.1) is 0 Å². The number of aromatic nitrogens is 5. The molecule has 0 bridgehead atoms. The van der Waals surface area contributed by atoms with Crippen LogP contribution in [0.2, 0.25) is 0 Å². The largest absolute Gasteiger partial charge is 0.383 e. The lowest BCUT2D eigenvalue weighted by atomic mass is 10.2. The molecule has 0 amide bonds. The standard InChI is InChI=1S/C12H13N7S/c1-19-11(14)17-18-12(19)20-6-9-15-8-5-3-2-4-7(8)10(13)16-9/h2-5H,6H2,1H3,(H2,14,17)(H2,13,15,16). The highest BCUT2D eigenvalue weighted by Gasteiger charge is 2.09. The van der Waals surface area contributed by atoms with Gasteiger partial charge in [0.15, 0.2) is 5.16 Å². The number of benzene rings is 1. The molecule has 3 rings (SSSR count). The van der Waals surface area contributed by atoms with Gasteiger partial charge in [0.05, 0.1) is 11.3 Å². The molecule has 102 valence electrons. The number of hydrogen-bond donors (Lipinski definition) is 2. The van der Waals surface area contributed by atoms with Crippen molar-refractivity contribution < 1.29 is 0 Å². The van der Waals surface area contributed by atoms with Crippen LogP contribution < -0.4 is 11.5 Å². The molecule has 0 aliphatic heterocycles.